The summed E-state index contributed by atoms with van der Waals surface area (Å²) in [5.74, 6) is 0.288. The Balaban J connectivity index is 1.96. The van der Waals surface area contributed by atoms with Crippen LogP contribution in [0.1, 0.15) is 50.4 Å². The van der Waals surface area contributed by atoms with Crippen molar-refractivity contribution in [3.63, 3.8) is 0 Å². The van der Waals surface area contributed by atoms with E-state index in [0.29, 0.717) is 6.61 Å². The summed E-state index contributed by atoms with van der Waals surface area (Å²) in [7, 11) is -1.71. The number of allylic oxidation sites excluding steroid dienone is 1. The number of pyridine rings is 1. The van der Waals surface area contributed by atoms with Crippen LogP contribution in [-0.2, 0) is 11.0 Å². The van der Waals surface area contributed by atoms with Crippen LogP contribution in [0.4, 0.5) is 0 Å². The summed E-state index contributed by atoms with van der Waals surface area (Å²) in [6.07, 6.45) is 6.31. The van der Waals surface area contributed by atoms with Crippen LogP contribution in [0.2, 0.25) is 18.1 Å². The first-order valence-corrected chi connectivity index (χ1v) is 11.9. The standard InChI is InChI=1S/C22H31NOSi/c1-18(12-13-19-10-8-7-9-11-19)21-15-14-20(16-23-21)17-24-25(5,6)22(2,3)4/h7-16,18H,17H2,1-6H3/b13-12+/t18-/m1/s1. The molecule has 2 aromatic rings. The van der Waals surface area contributed by atoms with E-state index in [1.54, 1.807) is 0 Å². The maximum atomic E-state index is 6.27. The third kappa shape index (κ3) is 5.65. The topological polar surface area (TPSA) is 22.1 Å². The normalized spacial score (nSPS) is 14.0. The summed E-state index contributed by atoms with van der Waals surface area (Å²) in [5, 5.41) is 0.233. The average molecular weight is 354 g/mol. The minimum absolute atomic E-state index is 0.233. The minimum Gasteiger partial charge on any atom is -0.413 e. The molecule has 0 N–H and O–H groups in total. The lowest BCUT2D eigenvalue weighted by atomic mass is 10.0. The number of nitrogens with zero attached hydrogens (tertiary/aromatic N) is 1. The molecule has 2 nitrogen and oxygen atoms in total. The molecular formula is C22H31NOSi. The Morgan fingerprint density at radius 1 is 1.08 bits per heavy atom. The molecule has 0 spiro atoms. The van der Waals surface area contributed by atoms with Gasteiger partial charge >= 0.3 is 0 Å². The molecule has 0 amide bonds. The van der Waals surface area contributed by atoms with Gasteiger partial charge in [0, 0.05) is 17.8 Å². The quantitative estimate of drug-likeness (QED) is 0.559. The smallest absolute Gasteiger partial charge is 0.192 e. The maximum absolute atomic E-state index is 6.27. The van der Waals surface area contributed by atoms with Crippen LogP contribution in [-0.4, -0.2) is 13.3 Å². The van der Waals surface area contributed by atoms with Crippen molar-refractivity contribution in [3.05, 3.63) is 71.6 Å². The van der Waals surface area contributed by atoms with Crippen molar-refractivity contribution in [2.75, 3.05) is 0 Å². The van der Waals surface area contributed by atoms with Crippen molar-refractivity contribution in [1.82, 2.24) is 4.98 Å². The Morgan fingerprint density at radius 3 is 2.32 bits per heavy atom. The lowest BCUT2D eigenvalue weighted by Crippen LogP contribution is -2.40. The number of hydrogen-bond acceptors (Lipinski definition) is 2. The minimum atomic E-state index is -1.71. The number of aromatic nitrogens is 1. The van der Waals surface area contributed by atoms with E-state index < -0.39 is 8.32 Å². The summed E-state index contributed by atoms with van der Waals surface area (Å²) >= 11 is 0. The summed E-state index contributed by atoms with van der Waals surface area (Å²) < 4.78 is 6.27. The average Bonchev–Trinajstić information content (AvgIpc) is 2.58. The second kappa shape index (κ2) is 8.11. The first-order valence-electron chi connectivity index (χ1n) is 9.01. The highest BCUT2D eigenvalue weighted by molar-refractivity contribution is 6.74. The highest BCUT2D eigenvalue weighted by Gasteiger charge is 2.36. The first kappa shape index (κ1) is 19.6. The largest absolute Gasteiger partial charge is 0.413 e. The molecule has 0 fully saturated rings. The van der Waals surface area contributed by atoms with Gasteiger partial charge in [-0.15, -0.1) is 0 Å². The Kier molecular flexibility index (Phi) is 6.36. The second-order valence-electron chi connectivity index (χ2n) is 8.20. The van der Waals surface area contributed by atoms with Crippen molar-refractivity contribution in [3.8, 4) is 0 Å². The number of rotatable bonds is 6. The van der Waals surface area contributed by atoms with Gasteiger partial charge in [0.15, 0.2) is 8.32 Å². The molecule has 0 aliphatic carbocycles. The van der Waals surface area contributed by atoms with Gasteiger partial charge in [-0.1, -0.05) is 76.2 Å². The molecule has 2 rings (SSSR count). The van der Waals surface area contributed by atoms with Crippen molar-refractivity contribution < 1.29 is 4.43 Å². The molecule has 1 atom stereocenters. The fourth-order valence-electron chi connectivity index (χ4n) is 2.19. The third-order valence-electron chi connectivity index (χ3n) is 5.10. The summed E-state index contributed by atoms with van der Waals surface area (Å²) in [6, 6.07) is 14.6. The third-order valence-corrected chi connectivity index (χ3v) is 9.58. The van der Waals surface area contributed by atoms with E-state index in [1.807, 2.05) is 12.3 Å². The molecule has 0 radical (unpaired) electrons. The Morgan fingerprint density at radius 2 is 1.76 bits per heavy atom. The van der Waals surface area contributed by atoms with Crippen molar-refractivity contribution in [2.45, 2.75) is 58.4 Å². The van der Waals surface area contributed by atoms with Crippen LogP contribution < -0.4 is 0 Å². The molecule has 25 heavy (non-hydrogen) atoms. The van der Waals surface area contributed by atoms with E-state index in [0.717, 1.165) is 11.3 Å². The zero-order chi connectivity index (χ0) is 18.5. The molecule has 1 aromatic heterocycles. The van der Waals surface area contributed by atoms with Crippen molar-refractivity contribution in [2.24, 2.45) is 0 Å². The molecule has 0 aliphatic rings. The number of hydrogen-bond donors (Lipinski definition) is 0. The van der Waals surface area contributed by atoms with Gasteiger partial charge in [-0.3, -0.25) is 4.98 Å². The van der Waals surface area contributed by atoms with Crippen molar-refractivity contribution >= 4 is 14.4 Å². The van der Waals surface area contributed by atoms with Gasteiger partial charge in [-0.25, -0.2) is 0 Å². The first-order chi connectivity index (χ1) is 11.7. The second-order valence-corrected chi connectivity index (χ2v) is 13.0. The van der Waals surface area contributed by atoms with Crippen molar-refractivity contribution in [1.29, 1.82) is 0 Å². The molecule has 1 heterocycles. The van der Waals surface area contributed by atoms with Crippen LogP contribution in [0.25, 0.3) is 6.08 Å². The SMILES string of the molecule is C[C@H](/C=C/c1ccccc1)c1ccc(CO[Si](C)(C)C(C)(C)C)cn1. The van der Waals surface area contributed by atoms with Crippen LogP contribution in [0, 0.1) is 0 Å². The van der Waals surface area contributed by atoms with Crippen LogP contribution in [0.15, 0.2) is 54.7 Å². The van der Waals surface area contributed by atoms with Gasteiger partial charge in [0.1, 0.15) is 0 Å². The molecule has 3 heteroatoms. The zero-order valence-electron chi connectivity index (χ0n) is 16.4. The van der Waals surface area contributed by atoms with Crippen LogP contribution in [0.3, 0.4) is 0 Å². The highest BCUT2D eigenvalue weighted by Crippen LogP contribution is 2.37. The van der Waals surface area contributed by atoms with Gasteiger partial charge in [0.05, 0.1) is 6.61 Å². The highest BCUT2D eigenvalue weighted by atomic mass is 28.4. The van der Waals surface area contributed by atoms with E-state index in [4.69, 9.17) is 4.43 Å². The lowest BCUT2D eigenvalue weighted by molar-refractivity contribution is 0.276. The fraction of sp³-hybridized carbons (Fsp3) is 0.409. The summed E-state index contributed by atoms with van der Waals surface area (Å²) in [5.41, 5.74) is 3.45. The van der Waals surface area contributed by atoms with Crippen LogP contribution >= 0.6 is 0 Å². The molecule has 134 valence electrons. The molecule has 0 saturated heterocycles. The molecule has 0 aliphatic heterocycles. The van der Waals surface area contributed by atoms with E-state index in [2.05, 4.69) is 94.3 Å². The number of benzene rings is 1. The van der Waals surface area contributed by atoms with Crippen LogP contribution in [0.5, 0.6) is 0 Å². The molecular weight excluding hydrogens is 322 g/mol. The molecule has 1 aromatic carbocycles. The summed E-state index contributed by atoms with van der Waals surface area (Å²) in [6.45, 7) is 14.2. The predicted molar refractivity (Wildman–Crippen MR) is 110 cm³/mol. The van der Waals surface area contributed by atoms with E-state index in [-0.39, 0.29) is 11.0 Å². The maximum Gasteiger partial charge on any atom is 0.192 e. The Bertz CT molecular complexity index is 684. The Hall–Kier alpha value is -1.71. The molecule has 0 saturated carbocycles. The monoisotopic (exact) mass is 353 g/mol. The summed E-state index contributed by atoms with van der Waals surface area (Å²) in [4.78, 5) is 4.64. The molecule has 0 unspecified atom stereocenters. The molecule has 0 bridgehead atoms. The van der Waals surface area contributed by atoms with Gasteiger partial charge < -0.3 is 4.43 Å². The van der Waals surface area contributed by atoms with Gasteiger partial charge in [-0.2, -0.15) is 0 Å². The van der Waals surface area contributed by atoms with Gasteiger partial charge in [0.2, 0.25) is 0 Å². The lowest BCUT2D eigenvalue weighted by Gasteiger charge is -2.36. The van der Waals surface area contributed by atoms with E-state index in [9.17, 15) is 0 Å². The van der Waals surface area contributed by atoms with Gasteiger partial charge in [0.25, 0.3) is 0 Å². The predicted octanol–water partition coefficient (Wildman–Crippen LogP) is 6.42. The Labute approximate surface area is 154 Å². The van der Waals surface area contributed by atoms with E-state index in [1.165, 1.54) is 5.56 Å². The zero-order valence-corrected chi connectivity index (χ0v) is 17.4. The van der Waals surface area contributed by atoms with Gasteiger partial charge in [-0.05, 0) is 35.3 Å². The van der Waals surface area contributed by atoms with E-state index >= 15 is 0 Å². The fourth-order valence-corrected chi connectivity index (χ4v) is 3.15.